The third-order valence-electron chi connectivity index (χ3n) is 2.66. The number of non-ortho nitro benzene ring substituents is 1. The van der Waals surface area contributed by atoms with Crippen molar-refractivity contribution in [1.82, 2.24) is 10.6 Å². The number of carbonyl (C=O) groups is 3. The molecule has 0 radical (unpaired) electrons. The second-order valence-electron chi connectivity index (χ2n) is 4.48. The summed E-state index contributed by atoms with van der Waals surface area (Å²) in [7, 11) is 0. The van der Waals surface area contributed by atoms with E-state index in [2.05, 4.69) is 10.6 Å². The number of nitrogens with zero attached hydrogens (tertiary/aromatic N) is 1. The second-order valence-corrected chi connectivity index (χ2v) is 4.48. The van der Waals surface area contributed by atoms with Crippen LogP contribution in [0.25, 0.3) is 0 Å². The van der Waals surface area contributed by atoms with E-state index >= 15 is 0 Å². The van der Waals surface area contributed by atoms with Crippen molar-refractivity contribution < 1.29 is 29.2 Å². The largest absolute Gasteiger partial charge is 0.480 e. The van der Waals surface area contributed by atoms with E-state index in [1.165, 1.54) is 31.2 Å². The highest BCUT2D eigenvalue weighted by molar-refractivity contribution is 5.87. The predicted octanol–water partition coefficient (Wildman–Crippen LogP) is 0.410. The number of nitro groups is 1. The van der Waals surface area contributed by atoms with Gasteiger partial charge in [-0.1, -0.05) is 0 Å². The predicted molar refractivity (Wildman–Crippen MR) is 76.5 cm³/mol. The normalized spacial score (nSPS) is 11.2. The van der Waals surface area contributed by atoms with E-state index < -0.39 is 35.5 Å². The van der Waals surface area contributed by atoms with Crippen LogP contribution in [0.5, 0.6) is 0 Å². The van der Waals surface area contributed by atoms with Crippen LogP contribution in [0.15, 0.2) is 24.3 Å². The van der Waals surface area contributed by atoms with Crippen molar-refractivity contribution in [2.75, 3.05) is 6.54 Å². The number of amides is 2. The molecule has 3 N–H and O–H groups in total. The molecule has 10 heteroatoms. The first-order chi connectivity index (χ1) is 10.8. The minimum atomic E-state index is -1.20. The Morgan fingerprint density at radius 1 is 1.30 bits per heavy atom. The van der Waals surface area contributed by atoms with E-state index in [9.17, 15) is 24.5 Å². The van der Waals surface area contributed by atoms with Crippen LogP contribution in [-0.2, 0) is 20.9 Å². The van der Waals surface area contributed by atoms with Crippen LogP contribution in [0.2, 0.25) is 0 Å². The highest BCUT2D eigenvalue weighted by Gasteiger charge is 2.16. The van der Waals surface area contributed by atoms with Crippen LogP contribution in [0.4, 0.5) is 10.5 Å². The maximum absolute atomic E-state index is 11.5. The van der Waals surface area contributed by atoms with Gasteiger partial charge in [0.1, 0.15) is 19.2 Å². The molecule has 2 amide bonds. The Morgan fingerprint density at radius 3 is 2.43 bits per heavy atom. The molecule has 0 unspecified atom stereocenters. The van der Waals surface area contributed by atoms with Crippen molar-refractivity contribution in [1.29, 1.82) is 0 Å². The number of hydrogen-bond donors (Lipinski definition) is 3. The summed E-state index contributed by atoms with van der Waals surface area (Å²) in [6, 6.07) is 4.46. The highest BCUT2D eigenvalue weighted by Crippen LogP contribution is 2.12. The first-order valence-corrected chi connectivity index (χ1v) is 6.45. The van der Waals surface area contributed by atoms with Crippen molar-refractivity contribution in [3.8, 4) is 0 Å². The van der Waals surface area contributed by atoms with Gasteiger partial charge in [0.05, 0.1) is 4.92 Å². The molecule has 1 aromatic rings. The van der Waals surface area contributed by atoms with E-state index in [0.29, 0.717) is 5.56 Å². The Balaban J connectivity index is 2.40. The Kier molecular flexibility index (Phi) is 6.46. The monoisotopic (exact) mass is 325 g/mol. The number of hydrogen-bond acceptors (Lipinski definition) is 6. The Bertz CT molecular complexity index is 600. The average Bonchev–Trinajstić information content (AvgIpc) is 2.50. The van der Waals surface area contributed by atoms with Gasteiger partial charge in [0, 0.05) is 12.1 Å². The number of rotatable bonds is 7. The number of carbonyl (C=O) groups excluding carboxylic acids is 2. The smallest absolute Gasteiger partial charge is 0.408 e. The molecule has 10 nitrogen and oxygen atoms in total. The van der Waals surface area contributed by atoms with Gasteiger partial charge in [-0.15, -0.1) is 0 Å². The zero-order chi connectivity index (χ0) is 17.4. The summed E-state index contributed by atoms with van der Waals surface area (Å²) in [6.45, 7) is 0.681. The quantitative estimate of drug-likeness (QED) is 0.485. The number of carboxylic acid groups (broad SMARTS) is 1. The topological polar surface area (TPSA) is 148 Å². The van der Waals surface area contributed by atoms with Crippen molar-refractivity contribution in [3.63, 3.8) is 0 Å². The van der Waals surface area contributed by atoms with E-state index in [1.807, 2.05) is 0 Å². The molecule has 124 valence electrons. The zero-order valence-corrected chi connectivity index (χ0v) is 12.1. The van der Waals surface area contributed by atoms with Crippen LogP contribution < -0.4 is 10.6 Å². The Morgan fingerprint density at radius 2 is 1.91 bits per heavy atom. The van der Waals surface area contributed by atoms with Gasteiger partial charge in [-0.2, -0.15) is 0 Å². The minimum absolute atomic E-state index is 0.0816. The first-order valence-electron chi connectivity index (χ1n) is 6.45. The van der Waals surface area contributed by atoms with Crippen LogP contribution in [0.3, 0.4) is 0 Å². The van der Waals surface area contributed by atoms with Crippen molar-refractivity contribution in [3.05, 3.63) is 39.9 Å². The van der Waals surface area contributed by atoms with Gasteiger partial charge in [0.25, 0.3) is 5.69 Å². The van der Waals surface area contributed by atoms with Crippen LogP contribution in [0, 0.1) is 10.1 Å². The fraction of sp³-hybridized carbons (Fsp3) is 0.308. The zero-order valence-electron chi connectivity index (χ0n) is 12.1. The summed E-state index contributed by atoms with van der Waals surface area (Å²) in [4.78, 5) is 43.2. The minimum Gasteiger partial charge on any atom is -0.480 e. The van der Waals surface area contributed by atoms with Crippen LogP contribution >= 0.6 is 0 Å². The number of nitro benzene ring substituents is 1. The summed E-state index contributed by atoms with van der Waals surface area (Å²) in [6.07, 6.45) is -0.874. The number of benzene rings is 1. The molecule has 0 aromatic heterocycles. The van der Waals surface area contributed by atoms with Gasteiger partial charge >= 0.3 is 12.1 Å². The molecule has 0 saturated heterocycles. The van der Waals surface area contributed by atoms with Gasteiger partial charge in [-0.05, 0) is 24.6 Å². The van der Waals surface area contributed by atoms with E-state index in [1.54, 1.807) is 0 Å². The highest BCUT2D eigenvalue weighted by atomic mass is 16.6. The molecule has 23 heavy (non-hydrogen) atoms. The SMILES string of the molecule is C[C@H](NC(=O)OCc1ccc([N+](=O)[O-])cc1)C(=O)NCC(=O)O. The number of nitrogens with one attached hydrogen (secondary N) is 2. The number of carboxylic acids is 1. The molecule has 0 spiro atoms. The molecule has 0 bridgehead atoms. The summed E-state index contributed by atoms with van der Waals surface area (Å²) >= 11 is 0. The summed E-state index contributed by atoms with van der Waals surface area (Å²) in [5, 5.41) is 23.2. The van der Waals surface area contributed by atoms with E-state index in [0.717, 1.165) is 0 Å². The van der Waals surface area contributed by atoms with Gasteiger partial charge < -0.3 is 20.5 Å². The summed E-state index contributed by atoms with van der Waals surface area (Å²) in [5.41, 5.74) is 0.454. The fourth-order valence-electron chi connectivity index (χ4n) is 1.46. The van der Waals surface area contributed by atoms with Gasteiger partial charge in [0.15, 0.2) is 0 Å². The molecule has 0 fully saturated rings. The molecular weight excluding hydrogens is 310 g/mol. The van der Waals surface area contributed by atoms with Crippen LogP contribution in [-0.4, -0.2) is 40.6 Å². The van der Waals surface area contributed by atoms with Gasteiger partial charge in [0.2, 0.25) is 5.91 Å². The summed E-state index contributed by atoms with van der Waals surface area (Å²) < 4.78 is 4.86. The third kappa shape index (κ3) is 6.42. The maximum Gasteiger partial charge on any atom is 0.408 e. The molecule has 1 rings (SSSR count). The molecule has 0 saturated carbocycles. The van der Waals surface area contributed by atoms with Gasteiger partial charge in [-0.3, -0.25) is 19.7 Å². The molecule has 0 aliphatic heterocycles. The lowest BCUT2D eigenvalue weighted by atomic mass is 10.2. The molecule has 1 atom stereocenters. The van der Waals surface area contributed by atoms with E-state index in [4.69, 9.17) is 9.84 Å². The molecule has 1 aromatic carbocycles. The van der Waals surface area contributed by atoms with Crippen molar-refractivity contribution in [2.45, 2.75) is 19.6 Å². The number of alkyl carbamates (subject to hydrolysis) is 1. The Hall–Kier alpha value is -3.17. The molecule has 0 aliphatic rings. The standard InChI is InChI=1S/C13H15N3O7/c1-8(12(19)14-6-11(17)18)15-13(20)23-7-9-2-4-10(5-3-9)16(21)22/h2-5,8H,6-7H2,1H3,(H,14,19)(H,15,20)(H,17,18)/t8-/m0/s1. The number of aliphatic carboxylic acids is 1. The molecular formula is C13H15N3O7. The fourth-order valence-corrected chi connectivity index (χ4v) is 1.46. The van der Waals surface area contributed by atoms with Crippen molar-refractivity contribution in [2.24, 2.45) is 0 Å². The lowest BCUT2D eigenvalue weighted by Gasteiger charge is -2.13. The summed E-state index contributed by atoms with van der Waals surface area (Å²) in [5.74, 6) is -1.87. The lowest BCUT2D eigenvalue weighted by molar-refractivity contribution is -0.384. The Labute approximate surface area is 130 Å². The number of ether oxygens (including phenoxy) is 1. The maximum atomic E-state index is 11.5. The molecule has 0 heterocycles. The van der Waals surface area contributed by atoms with Gasteiger partial charge in [-0.25, -0.2) is 4.79 Å². The third-order valence-corrected chi connectivity index (χ3v) is 2.66. The van der Waals surface area contributed by atoms with Crippen LogP contribution in [0.1, 0.15) is 12.5 Å². The average molecular weight is 325 g/mol. The first kappa shape index (κ1) is 17.9. The van der Waals surface area contributed by atoms with E-state index in [-0.39, 0.29) is 12.3 Å². The lowest BCUT2D eigenvalue weighted by Crippen LogP contribution is -2.46. The second kappa shape index (κ2) is 8.32. The van der Waals surface area contributed by atoms with Crippen molar-refractivity contribution >= 4 is 23.7 Å². The molecule has 0 aliphatic carbocycles.